The minimum absolute atomic E-state index is 0.0861. The number of halogens is 4. The molecule has 0 aromatic heterocycles. The van der Waals surface area contributed by atoms with Crippen molar-refractivity contribution in [3.05, 3.63) is 63.7 Å². The summed E-state index contributed by atoms with van der Waals surface area (Å²) in [6.45, 7) is 0.0861. The van der Waals surface area contributed by atoms with Gasteiger partial charge in [-0.05, 0) is 48.6 Å². The van der Waals surface area contributed by atoms with E-state index in [-0.39, 0.29) is 12.4 Å². The van der Waals surface area contributed by atoms with Gasteiger partial charge in [0.15, 0.2) is 6.19 Å². The maximum atomic E-state index is 13.8. The van der Waals surface area contributed by atoms with Crippen molar-refractivity contribution in [2.75, 3.05) is 6.54 Å². The van der Waals surface area contributed by atoms with Crippen LogP contribution in [0.5, 0.6) is 0 Å². The van der Waals surface area contributed by atoms with E-state index in [1.165, 1.54) is 15.9 Å². The zero-order valence-corrected chi connectivity index (χ0v) is 15.8. The number of allylic oxidation sites excluding steroid dienone is 2. The molecule has 1 unspecified atom stereocenters. The van der Waals surface area contributed by atoms with Gasteiger partial charge < -0.3 is 10.6 Å². The zero-order chi connectivity index (χ0) is 19.3. The standard InChI is InChI=1S/C19H16BrF3N4/c20-13-5-3-11(4-6-13)14-9-26(18(12-1-2-12)19(21,22)23)15-7-8-16(25)27(10-24)17(14)15/h3-8,12,18H,1-2,9,25H2. The van der Waals surface area contributed by atoms with Crippen LogP contribution in [-0.4, -0.2) is 28.6 Å². The molecule has 3 aliphatic rings. The van der Waals surface area contributed by atoms with E-state index in [1.807, 2.05) is 30.5 Å². The quantitative estimate of drug-likeness (QED) is 0.717. The van der Waals surface area contributed by atoms with E-state index in [0.717, 1.165) is 10.0 Å². The molecule has 0 spiro atoms. The Morgan fingerprint density at radius 2 is 1.85 bits per heavy atom. The number of hydrogen-bond acceptors (Lipinski definition) is 4. The van der Waals surface area contributed by atoms with Gasteiger partial charge in [0.25, 0.3) is 0 Å². The van der Waals surface area contributed by atoms with Crippen LogP contribution in [0.4, 0.5) is 13.2 Å². The molecule has 27 heavy (non-hydrogen) atoms. The normalized spacial score (nSPS) is 20.9. The largest absolute Gasteiger partial charge is 0.409 e. The van der Waals surface area contributed by atoms with Crippen molar-refractivity contribution in [3.63, 3.8) is 0 Å². The molecule has 8 heteroatoms. The molecule has 0 bridgehead atoms. The first-order chi connectivity index (χ1) is 12.8. The van der Waals surface area contributed by atoms with Crippen LogP contribution < -0.4 is 5.73 Å². The van der Waals surface area contributed by atoms with Gasteiger partial charge in [-0.25, -0.2) is 4.90 Å². The second kappa shape index (κ2) is 6.34. The van der Waals surface area contributed by atoms with Crippen molar-refractivity contribution in [1.82, 2.24) is 9.80 Å². The summed E-state index contributed by atoms with van der Waals surface area (Å²) in [5.74, 6) is -0.210. The van der Waals surface area contributed by atoms with Gasteiger partial charge in [-0.1, -0.05) is 28.1 Å². The average molecular weight is 437 g/mol. The number of nitrogens with zero attached hydrogens (tertiary/aromatic N) is 3. The minimum Gasteiger partial charge on any atom is -0.384 e. The van der Waals surface area contributed by atoms with Crippen LogP contribution in [0.3, 0.4) is 0 Å². The number of fused-ring (bicyclic) bond motifs is 1. The second-order valence-corrected chi connectivity index (χ2v) is 7.78. The Morgan fingerprint density at radius 1 is 1.19 bits per heavy atom. The van der Waals surface area contributed by atoms with Crippen molar-refractivity contribution < 1.29 is 13.2 Å². The third-order valence-electron chi connectivity index (χ3n) is 5.09. The van der Waals surface area contributed by atoms with E-state index in [1.54, 1.807) is 6.08 Å². The maximum Gasteiger partial charge on any atom is 0.409 e. The molecule has 2 aliphatic heterocycles. The Kier molecular flexibility index (Phi) is 4.22. The molecule has 1 aromatic rings. The van der Waals surface area contributed by atoms with E-state index in [2.05, 4.69) is 15.9 Å². The lowest BCUT2D eigenvalue weighted by Crippen LogP contribution is -2.46. The molecule has 0 amide bonds. The van der Waals surface area contributed by atoms with E-state index in [9.17, 15) is 18.4 Å². The topological polar surface area (TPSA) is 56.3 Å². The third-order valence-corrected chi connectivity index (χ3v) is 5.62. The summed E-state index contributed by atoms with van der Waals surface area (Å²) >= 11 is 3.37. The summed E-state index contributed by atoms with van der Waals surface area (Å²) < 4.78 is 42.4. The fraction of sp³-hybridized carbons (Fsp3) is 0.316. The van der Waals surface area contributed by atoms with Crippen molar-refractivity contribution in [3.8, 4) is 6.19 Å². The Bertz CT molecular complexity index is 904. The molecular formula is C19H16BrF3N4. The van der Waals surface area contributed by atoms with Crippen LogP contribution in [0.15, 0.2) is 58.1 Å². The first kappa shape index (κ1) is 18.0. The fourth-order valence-corrected chi connectivity index (χ4v) is 4.02. The SMILES string of the molecule is N#CN1C(N)=CC=C2C1=C(c1ccc(Br)cc1)CN2C(C1CC1)C(F)(F)F. The van der Waals surface area contributed by atoms with E-state index >= 15 is 0 Å². The van der Waals surface area contributed by atoms with Crippen LogP contribution in [0.25, 0.3) is 5.57 Å². The van der Waals surface area contributed by atoms with Crippen molar-refractivity contribution >= 4 is 21.5 Å². The molecule has 1 aromatic carbocycles. The molecule has 140 valence electrons. The summed E-state index contributed by atoms with van der Waals surface area (Å²) in [5, 5.41) is 9.57. The predicted molar refractivity (Wildman–Crippen MR) is 98.1 cm³/mol. The highest BCUT2D eigenvalue weighted by molar-refractivity contribution is 9.10. The van der Waals surface area contributed by atoms with Gasteiger partial charge in [-0.15, -0.1) is 0 Å². The third kappa shape index (κ3) is 3.10. The zero-order valence-electron chi connectivity index (χ0n) is 14.2. The molecule has 2 N–H and O–H groups in total. The Labute approximate surface area is 163 Å². The highest BCUT2D eigenvalue weighted by Gasteiger charge is 2.54. The minimum atomic E-state index is -4.34. The number of hydrogen-bond donors (Lipinski definition) is 1. The summed E-state index contributed by atoms with van der Waals surface area (Å²) in [7, 11) is 0. The smallest absolute Gasteiger partial charge is 0.384 e. The van der Waals surface area contributed by atoms with Crippen LogP contribution >= 0.6 is 15.9 Å². The van der Waals surface area contributed by atoms with Crippen molar-refractivity contribution in [1.29, 1.82) is 5.26 Å². The van der Waals surface area contributed by atoms with Crippen LogP contribution in [0, 0.1) is 17.4 Å². The van der Waals surface area contributed by atoms with Gasteiger partial charge in [0.2, 0.25) is 0 Å². The Balaban J connectivity index is 1.84. The monoisotopic (exact) mass is 436 g/mol. The fourth-order valence-electron chi connectivity index (χ4n) is 3.76. The van der Waals surface area contributed by atoms with E-state index in [0.29, 0.717) is 29.8 Å². The van der Waals surface area contributed by atoms with Gasteiger partial charge in [0.1, 0.15) is 11.9 Å². The lowest BCUT2D eigenvalue weighted by atomic mass is 10.0. The van der Waals surface area contributed by atoms with E-state index < -0.39 is 18.1 Å². The van der Waals surface area contributed by atoms with Crippen molar-refractivity contribution in [2.45, 2.75) is 25.1 Å². The highest BCUT2D eigenvalue weighted by Crippen LogP contribution is 2.49. The maximum absolute atomic E-state index is 13.8. The van der Waals surface area contributed by atoms with E-state index in [4.69, 9.17) is 5.73 Å². The molecule has 0 saturated heterocycles. The predicted octanol–water partition coefficient (Wildman–Crippen LogP) is 4.30. The van der Waals surface area contributed by atoms with Crippen LogP contribution in [-0.2, 0) is 0 Å². The van der Waals surface area contributed by atoms with Crippen LogP contribution in [0.1, 0.15) is 18.4 Å². The molecule has 2 heterocycles. The average Bonchev–Trinajstić information content (AvgIpc) is 3.36. The van der Waals surface area contributed by atoms with Gasteiger partial charge in [-0.3, -0.25) is 0 Å². The first-order valence-electron chi connectivity index (χ1n) is 8.51. The molecule has 4 nitrogen and oxygen atoms in total. The summed E-state index contributed by atoms with van der Waals surface area (Å²) in [5.41, 5.74) is 8.21. The molecule has 0 radical (unpaired) electrons. The number of alkyl halides is 3. The molecule has 1 atom stereocenters. The lowest BCUT2D eigenvalue weighted by Gasteiger charge is -2.35. The Morgan fingerprint density at radius 3 is 2.41 bits per heavy atom. The van der Waals surface area contributed by atoms with Gasteiger partial charge in [-0.2, -0.15) is 18.4 Å². The van der Waals surface area contributed by atoms with Gasteiger partial charge in [0, 0.05) is 16.6 Å². The number of nitriles is 1. The molecular weight excluding hydrogens is 421 g/mol. The van der Waals surface area contributed by atoms with Crippen molar-refractivity contribution in [2.24, 2.45) is 11.7 Å². The van der Waals surface area contributed by atoms with Crippen LogP contribution in [0.2, 0.25) is 0 Å². The first-order valence-corrected chi connectivity index (χ1v) is 9.30. The highest BCUT2D eigenvalue weighted by atomic mass is 79.9. The van der Waals surface area contributed by atoms with Gasteiger partial charge >= 0.3 is 6.18 Å². The Hall–Kier alpha value is -2.40. The lowest BCUT2D eigenvalue weighted by molar-refractivity contribution is -0.182. The molecule has 1 saturated carbocycles. The molecule has 1 fully saturated rings. The molecule has 1 aliphatic carbocycles. The number of benzene rings is 1. The second-order valence-electron chi connectivity index (χ2n) is 6.86. The molecule has 4 rings (SSSR count). The summed E-state index contributed by atoms with van der Waals surface area (Å²) in [6, 6.07) is 5.76. The number of nitrogens with two attached hydrogens (primary N) is 1. The summed E-state index contributed by atoms with van der Waals surface area (Å²) in [4.78, 5) is 2.60. The summed E-state index contributed by atoms with van der Waals surface area (Å²) in [6.07, 6.45) is 1.87. The van der Waals surface area contributed by atoms with Gasteiger partial charge in [0.05, 0.1) is 11.4 Å². The number of rotatable bonds is 3.